The fraction of sp³-hybridized carbons (Fsp3) is 0.333. The highest BCUT2D eigenvalue weighted by Crippen LogP contribution is 2.35. The molecule has 0 amide bonds. The standard InChI is InChI=1S/C18H19FN4.ClH/c1-3-12-9-21-18(20)17-16(22-10(2)23(12)17)14-8-7-11-5-4-6-13(11)15(14)19;/h7-9H,3-6H2,1-2H3,(H2,20,21);1H. The molecule has 2 N–H and O–H groups in total. The van der Waals surface area contributed by atoms with Crippen LogP contribution in [0.5, 0.6) is 0 Å². The van der Waals surface area contributed by atoms with Crippen LogP contribution < -0.4 is 5.73 Å². The Hall–Kier alpha value is -2.14. The highest BCUT2D eigenvalue weighted by Gasteiger charge is 2.23. The first-order chi connectivity index (χ1) is 11.1. The van der Waals surface area contributed by atoms with Crippen molar-refractivity contribution >= 4 is 23.7 Å². The third-order valence-electron chi connectivity index (χ3n) is 4.76. The van der Waals surface area contributed by atoms with E-state index in [1.54, 1.807) is 6.20 Å². The molecule has 0 saturated heterocycles. The highest BCUT2D eigenvalue weighted by atomic mass is 35.5. The van der Waals surface area contributed by atoms with Gasteiger partial charge < -0.3 is 5.73 Å². The van der Waals surface area contributed by atoms with Crippen molar-refractivity contribution in [2.75, 3.05) is 5.73 Å². The molecular formula is C18H20ClFN4. The molecule has 0 bridgehead atoms. The number of nitrogens with two attached hydrogens (primary N) is 1. The summed E-state index contributed by atoms with van der Waals surface area (Å²) >= 11 is 0. The fourth-order valence-corrected chi connectivity index (χ4v) is 3.62. The molecule has 0 atom stereocenters. The molecule has 0 unspecified atom stereocenters. The lowest BCUT2D eigenvalue weighted by molar-refractivity contribution is 0.616. The van der Waals surface area contributed by atoms with E-state index in [1.165, 1.54) is 0 Å². The molecule has 4 nitrogen and oxygen atoms in total. The van der Waals surface area contributed by atoms with E-state index < -0.39 is 0 Å². The summed E-state index contributed by atoms with van der Waals surface area (Å²) in [7, 11) is 0. The van der Waals surface area contributed by atoms with Crippen LogP contribution in [-0.4, -0.2) is 14.4 Å². The lowest BCUT2D eigenvalue weighted by Crippen LogP contribution is -2.03. The Morgan fingerprint density at radius 3 is 2.83 bits per heavy atom. The van der Waals surface area contributed by atoms with Crippen molar-refractivity contribution < 1.29 is 4.39 Å². The van der Waals surface area contributed by atoms with Gasteiger partial charge in [-0.05, 0) is 49.8 Å². The smallest absolute Gasteiger partial charge is 0.150 e. The molecule has 6 heteroatoms. The zero-order valence-electron chi connectivity index (χ0n) is 13.8. The summed E-state index contributed by atoms with van der Waals surface area (Å²) in [6.45, 7) is 3.97. The lowest BCUT2D eigenvalue weighted by Gasteiger charge is -2.09. The average molecular weight is 347 g/mol. The van der Waals surface area contributed by atoms with E-state index in [0.29, 0.717) is 22.6 Å². The Morgan fingerprint density at radius 2 is 2.08 bits per heavy atom. The maximum Gasteiger partial charge on any atom is 0.150 e. The van der Waals surface area contributed by atoms with Crippen molar-refractivity contribution in [2.24, 2.45) is 0 Å². The SMILES string of the molecule is CCc1cnc(N)c2c(-c3ccc4c(c3F)CCC4)nc(C)n12.Cl. The van der Waals surface area contributed by atoms with Gasteiger partial charge in [0.05, 0.1) is 0 Å². The fourth-order valence-electron chi connectivity index (χ4n) is 3.62. The Morgan fingerprint density at radius 1 is 1.29 bits per heavy atom. The molecule has 126 valence electrons. The van der Waals surface area contributed by atoms with E-state index in [2.05, 4.69) is 16.9 Å². The minimum atomic E-state index is -0.152. The zero-order valence-corrected chi connectivity index (χ0v) is 14.6. The van der Waals surface area contributed by atoms with E-state index in [9.17, 15) is 0 Å². The van der Waals surface area contributed by atoms with Crippen LogP contribution in [0, 0.1) is 12.7 Å². The second-order valence-corrected chi connectivity index (χ2v) is 6.10. The van der Waals surface area contributed by atoms with Crippen molar-refractivity contribution in [1.29, 1.82) is 0 Å². The number of nitrogen functional groups attached to an aromatic ring is 1. The summed E-state index contributed by atoms with van der Waals surface area (Å²) in [4.78, 5) is 8.89. The van der Waals surface area contributed by atoms with Crippen LogP contribution in [0.15, 0.2) is 18.3 Å². The number of aromatic nitrogens is 3. The van der Waals surface area contributed by atoms with Crippen molar-refractivity contribution in [3.05, 3.63) is 46.8 Å². The van der Waals surface area contributed by atoms with Crippen LogP contribution in [-0.2, 0) is 19.3 Å². The minimum Gasteiger partial charge on any atom is -0.382 e. The number of fused-ring (bicyclic) bond motifs is 2. The second kappa shape index (κ2) is 6.06. The molecule has 1 aliphatic carbocycles. The number of rotatable bonds is 2. The molecule has 0 fully saturated rings. The maximum absolute atomic E-state index is 15.0. The van der Waals surface area contributed by atoms with Gasteiger partial charge in [0.1, 0.15) is 28.7 Å². The molecule has 24 heavy (non-hydrogen) atoms. The molecule has 0 spiro atoms. The first-order valence-corrected chi connectivity index (χ1v) is 8.04. The zero-order chi connectivity index (χ0) is 16.1. The van der Waals surface area contributed by atoms with Crippen LogP contribution in [0.3, 0.4) is 0 Å². The summed E-state index contributed by atoms with van der Waals surface area (Å²) in [5.41, 5.74) is 10.9. The van der Waals surface area contributed by atoms with Gasteiger partial charge in [-0.3, -0.25) is 4.40 Å². The minimum absolute atomic E-state index is 0. The van der Waals surface area contributed by atoms with E-state index >= 15 is 4.39 Å². The average Bonchev–Trinajstić information content (AvgIpc) is 3.14. The van der Waals surface area contributed by atoms with Crippen molar-refractivity contribution in [3.63, 3.8) is 0 Å². The first kappa shape index (κ1) is 16.7. The molecule has 0 aliphatic heterocycles. The molecule has 1 aliphatic rings. The number of hydrogen-bond acceptors (Lipinski definition) is 3. The van der Waals surface area contributed by atoms with Crippen molar-refractivity contribution in [2.45, 2.75) is 39.5 Å². The van der Waals surface area contributed by atoms with Crippen LogP contribution in [0.25, 0.3) is 16.8 Å². The van der Waals surface area contributed by atoms with Crippen molar-refractivity contribution in [1.82, 2.24) is 14.4 Å². The highest BCUT2D eigenvalue weighted by molar-refractivity contribution is 5.86. The van der Waals surface area contributed by atoms with Gasteiger partial charge in [-0.25, -0.2) is 14.4 Å². The van der Waals surface area contributed by atoms with Gasteiger partial charge in [-0.2, -0.15) is 0 Å². The third kappa shape index (κ3) is 2.26. The molecule has 3 aromatic rings. The Bertz CT molecular complexity index is 933. The molecule has 0 saturated carbocycles. The predicted octanol–water partition coefficient (Wildman–Crippen LogP) is 3.90. The van der Waals surface area contributed by atoms with E-state index in [1.807, 2.05) is 23.5 Å². The van der Waals surface area contributed by atoms with Gasteiger partial charge >= 0.3 is 0 Å². The number of anilines is 1. The third-order valence-corrected chi connectivity index (χ3v) is 4.76. The van der Waals surface area contributed by atoms with Crippen LogP contribution >= 0.6 is 12.4 Å². The van der Waals surface area contributed by atoms with Gasteiger partial charge in [0, 0.05) is 17.5 Å². The monoisotopic (exact) mass is 346 g/mol. The lowest BCUT2D eigenvalue weighted by atomic mass is 10.0. The largest absolute Gasteiger partial charge is 0.382 e. The quantitative estimate of drug-likeness (QED) is 0.765. The number of aryl methyl sites for hydroxylation is 3. The van der Waals surface area contributed by atoms with Gasteiger partial charge in [0.2, 0.25) is 0 Å². The van der Waals surface area contributed by atoms with Crippen molar-refractivity contribution in [3.8, 4) is 11.3 Å². The van der Waals surface area contributed by atoms with E-state index in [0.717, 1.165) is 48.3 Å². The predicted molar refractivity (Wildman–Crippen MR) is 96.2 cm³/mol. The normalized spacial score (nSPS) is 13.1. The van der Waals surface area contributed by atoms with Crippen LogP contribution in [0.1, 0.15) is 36.0 Å². The van der Waals surface area contributed by atoms with Crippen LogP contribution in [0.4, 0.5) is 10.2 Å². The number of halogens is 2. The number of imidazole rings is 1. The summed E-state index contributed by atoms with van der Waals surface area (Å²) in [5.74, 6) is 1.04. The molecule has 2 aromatic heterocycles. The molecule has 4 rings (SSSR count). The summed E-state index contributed by atoms with van der Waals surface area (Å²) in [6, 6.07) is 3.86. The molecule has 2 heterocycles. The number of benzene rings is 1. The Kier molecular flexibility index (Phi) is 4.22. The Labute approximate surface area is 146 Å². The summed E-state index contributed by atoms with van der Waals surface area (Å²) < 4.78 is 17.0. The van der Waals surface area contributed by atoms with Gasteiger partial charge in [0.15, 0.2) is 0 Å². The molecular weight excluding hydrogens is 327 g/mol. The van der Waals surface area contributed by atoms with Crippen LogP contribution in [0.2, 0.25) is 0 Å². The van der Waals surface area contributed by atoms with Gasteiger partial charge in [-0.15, -0.1) is 12.4 Å². The maximum atomic E-state index is 15.0. The van der Waals surface area contributed by atoms with Gasteiger partial charge in [0.25, 0.3) is 0 Å². The summed E-state index contributed by atoms with van der Waals surface area (Å²) in [5, 5.41) is 0. The second-order valence-electron chi connectivity index (χ2n) is 6.10. The van der Waals surface area contributed by atoms with E-state index in [-0.39, 0.29) is 18.2 Å². The van der Waals surface area contributed by atoms with Gasteiger partial charge in [-0.1, -0.05) is 13.0 Å². The summed E-state index contributed by atoms with van der Waals surface area (Å²) in [6.07, 6.45) is 5.35. The topological polar surface area (TPSA) is 56.2 Å². The van der Waals surface area contributed by atoms with E-state index in [4.69, 9.17) is 5.73 Å². The number of hydrogen-bond donors (Lipinski definition) is 1. The first-order valence-electron chi connectivity index (χ1n) is 8.04. The Balaban J connectivity index is 0.00000169. The molecule has 1 aromatic carbocycles. The molecule has 0 radical (unpaired) electrons. The number of nitrogens with zero attached hydrogens (tertiary/aromatic N) is 3.